The molecule has 1 aliphatic carbocycles. The molecule has 21 heavy (non-hydrogen) atoms. The first-order chi connectivity index (χ1) is 9.99. The molecule has 2 N–H and O–H groups in total. The second-order valence-corrected chi connectivity index (χ2v) is 5.36. The number of carboxylic acids is 1. The number of anilines is 1. The summed E-state index contributed by atoms with van der Waals surface area (Å²) in [5, 5.41) is 11.8. The van der Waals surface area contributed by atoms with Crippen LogP contribution in [0.1, 0.15) is 25.7 Å². The first-order valence-corrected chi connectivity index (χ1v) is 7.00. The summed E-state index contributed by atoms with van der Waals surface area (Å²) in [5.74, 6) is -1.71. The summed E-state index contributed by atoms with van der Waals surface area (Å²) < 4.78 is 13.6. The molecule has 0 spiro atoms. The van der Waals surface area contributed by atoms with Crippen LogP contribution in [0.4, 0.5) is 14.9 Å². The highest BCUT2D eigenvalue weighted by Gasteiger charge is 2.28. The summed E-state index contributed by atoms with van der Waals surface area (Å²) in [7, 11) is 1.49. The van der Waals surface area contributed by atoms with E-state index in [1.54, 1.807) is 12.1 Å². The molecule has 0 aliphatic heterocycles. The van der Waals surface area contributed by atoms with Gasteiger partial charge in [-0.2, -0.15) is 0 Å². The SMILES string of the molecule is CN(C(=O)NC1CCCC(C(=O)O)C1)c1ccccc1F. The molecule has 0 radical (unpaired) electrons. The Morgan fingerprint density at radius 3 is 2.71 bits per heavy atom. The van der Waals surface area contributed by atoms with Gasteiger partial charge in [0.05, 0.1) is 11.6 Å². The van der Waals surface area contributed by atoms with Gasteiger partial charge in [0.25, 0.3) is 0 Å². The van der Waals surface area contributed by atoms with E-state index >= 15 is 0 Å². The lowest BCUT2D eigenvalue weighted by atomic mass is 9.86. The Morgan fingerprint density at radius 1 is 1.33 bits per heavy atom. The van der Waals surface area contributed by atoms with E-state index in [0.717, 1.165) is 12.8 Å². The van der Waals surface area contributed by atoms with Gasteiger partial charge in [0.2, 0.25) is 0 Å². The highest BCUT2D eigenvalue weighted by Crippen LogP contribution is 2.25. The molecule has 1 aliphatic rings. The number of rotatable bonds is 3. The molecule has 1 fully saturated rings. The van der Waals surface area contributed by atoms with Gasteiger partial charge in [0, 0.05) is 13.1 Å². The number of carbonyl (C=O) groups excluding carboxylic acids is 1. The maximum absolute atomic E-state index is 13.6. The summed E-state index contributed by atoms with van der Waals surface area (Å²) in [6.07, 6.45) is 2.59. The Labute approximate surface area is 122 Å². The van der Waals surface area contributed by atoms with Crippen molar-refractivity contribution >= 4 is 17.7 Å². The van der Waals surface area contributed by atoms with E-state index in [0.29, 0.717) is 12.8 Å². The molecule has 2 atom stereocenters. The summed E-state index contributed by atoms with van der Waals surface area (Å²) in [6.45, 7) is 0. The Bertz CT molecular complexity index is 535. The second kappa shape index (κ2) is 6.56. The Morgan fingerprint density at radius 2 is 2.05 bits per heavy atom. The van der Waals surface area contributed by atoms with Crippen molar-refractivity contribution in [1.82, 2.24) is 5.32 Å². The van der Waals surface area contributed by atoms with E-state index in [2.05, 4.69) is 5.32 Å². The van der Waals surface area contributed by atoms with Gasteiger partial charge >= 0.3 is 12.0 Å². The molecule has 6 heteroatoms. The Kier molecular flexibility index (Phi) is 4.77. The van der Waals surface area contributed by atoms with E-state index in [4.69, 9.17) is 5.11 Å². The lowest BCUT2D eigenvalue weighted by Gasteiger charge is -2.29. The molecule has 0 aromatic heterocycles. The molecule has 5 nitrogen and oxygen atoms in total. The topological polar surface area (TPSA) is 69.6 Å². The number of hydrogen-bond donors (Lipinski definition) is 2. The average Bonchev–Trinajstić information content (AvgIpc) is 2.47. The summed E-state index contributed by atoms with van der Waals surface area (Å²) in [6, 6.07) is 5.43. The number of amides is 2. The molecule has 2 amide bonds. The fourth-order valence-corrected chi connectivity index (χ4v) is 2.65. The zero-order chi connectivity index (χ0) is 15.4. The van der Waals surface area contributed by atoms with Gasteiger partial charge in [-0.3, -0.25) is 9.69 Å². The molecule has 114 valence electrons. The molecule has 1 aromatic carbocycles. The number of carboxylic acid groups (broad SMARTS) is 1. The van der Waals surface area contributed by atoms with Crippen LogP contribution in [-0.2, 0) is 4.79 Å². The number of halogens is 1. The molecular formula is C15H19FN2O3. The number of nitrogens with one attached hydrogen (secondary N) is 1. The third kappa shape index (κ3) is 3.71. The quantitative estimate of drug-likeness (QED) is 0.900. The average molecular weight is 294 g/mol. The zero-order valence-electron chi connectivity index (χ0n) is 11.9. The van der Waals surface area contributed by atoms with Crippen molar-refractivity contribution in [3.8, 4) is 0 Å². The molecule has 2 rings (SSSR count). The lowest BCUT2D eigenvalue weighted by molar-refractivity contribution is -0.143. The normalized spacial score (nSPS) is 21.6. The number of carbonyl (C=O) groups is 2. The maximum atomic E-state index is 13.6. The predicted molar refractivity (Wildman–Crippen MR) is 76.7 cm³/mol. The third-order valence-corrected chi connectivity index (χ3v) is 3.87. The van der Waals surface area contributed by atoms with Crippen LogP contribution in [-0.4, -0.2) is 30.2 Å². The van der Waals surface area contributed by atoms with Crippen LogP contribution in [0.5, 0.6) is 0 Å². The van der Waals surface area contributed by atoms with Crippen LogP contribution in [0.2, 0.25) is 0 Å². The fourth-order valence-electron chi connectivity index (χ4n) is 2.65. The standard InChI is InChI=1S/C15H19FN2O3/c1-18(13-8-3-2-7-12(13)16)15(21)17-11-6-4-5-10(9-11)14(19)20/h2-3,7-8,10-11H,4-6,9H2,1H3,(H,17,21)(H,19,20). The number of benzene rings is 1. The summed E-state index contributed by atoms with van der Waals surface area (Å²) in [4.78, 5) is 24.4. The lowest BCUT2D eigenvalue weighted by Crippen LogP contribution is -2.46. The van der Waals surface area contributed by atoms with E-state index in [1.165, 1.54) is 24.1 Å². The van der Waals surface area contributed by atoms with E-state index in [-0.39, 0.29) is 11.7 Å². The van der Waals surface area contributed by atoms with Crippen molar-refractivity contribution in [2.75, 3.05) is 11.9 Å². The van der Waals surface area contributed by atoms with Gasteiger partial charge in [-0.05, 0) is 31.4 Å². The van der Waals surface area contributed by atoms with Gasteiger partial charge < -0.3 is 10.4 Å². The maximum Gasteiger partial charge on any atom is 0.321 e. The number of aliphatic carboxylic acids is 1. The number of hydrogen-bond acceptors (Lipinski definition) is 2. The van der Waals surface area contributed by atoms with Crippen molar-refractivity contribution in [2.24, 2.45) is 5.92 Å². The third-order valence-electron chi connectivity index (χ3n) is 3.87. The van der Waals surface area contributed by atoms with Crippen LogP contribution in [0, 0.1) is 11.7 Å². The van der Waals surface area contributed by atoms with Crippen LogP contribution in [0.25, 0.3) is 0 Å². The van der Waals surface area contributed by atoms with Crippen molar-refractivity contribution in [1.29, 1.82) is 0 Å². The van der Waals surface area contributed by atoms with Crippen molar-refractivity contribution in [3.05, 3.63) is 30.1 Å². The largest absolute Gasteiger partial charge is 0.481 e. The summed E-state index contributed by atoms with van der Waals surface area (Å²) in [5.41, 5.74) is 0.195. The Hall–Kier alpha value is -2.11. The molecule has 1 saturated carbocycles. The first kappa shape index (κ1) is 15.3. The van der Waals surface area contributed by atoms with E-state index < -0.39 is 23.7 Å². The highest BCUT2D eigenvalue weighted by molar-refractivity contribution is 5.91. The minimum atomic E-state index is -0.823. The number of para-hydroxylation sites is 1. The monoisotopic (exact) mass is 294 g/mol. The fraction of sp³-hybridized carbons (Fsp3) is 0.467. The van der Waals surface area contributed by atoms with E-state index in [1.807, 2.05) is 0 Å². The van der Waals surface area contributed by atoms with Crippen molar-refractivity contribution in [3.63, 3.8) is 0 Å². The molecular weight excluding hydrogens is 275 g/mol. The van der Waals surface area contributed by atoms with Crippen LogP contribution >= 0.6 is 0 Å². The zero-order valence-corrected chi connectivity index (χ0v) is 11.9. The van der Waals surface area contributed by atoms with E-state index in [9.17, 15) is 14.0 Å². The molecule has 1 aromatic rings. The summed E-state index contributed by atoms with van der Waals surface area (Å²) >= 11 is 0. The first-order valence-electron chi connectivity index (χ1n) is 7.00. The van der Waals surface area contributed by atoms with Crippen molar-refractivity contribution in [2.45, 2.75) is 31.7 Å². The van der Waals surface area contributed by atoms with Gasteiger partial charge in [0.1, 0.15) is 5.82 Å². The minimum Gasteiger partial charge on any atom is -0.481 e. The second-order valence-electron chi connectivity index (χ2n) is 5.36. The van der Waals surface area contributed by atoms with Gasteiger partial charge in [-0.25, -0.2) is 9.18 Å². The van der Waals surface area contributed by atoms with Crippen LogP contribution < -0.4 is 10.2 Å². The molecule has 0 saturated heterocycles. The molecule has 2 unspecified atom stereocenters. The Balaban J connectivity index is 1.98. The number of urea groups is 1. The van der Waals surface area contributed by atoms with Crippen molar-refractivity contribution < 1.29 is 19.1 Å². The highest BCUT2D eigenvalue weighted by atomic mass is 19.1. The molecule has 0 bridgehead atoms. The predicted octanol–water partition coefficient (Wildman–Crippen LogP) is 2.61. The minimum absolute atomic E-state index is 0.179. The van der Waals surface area contributed by atoms with Gasteiger partial charge in [-0.1, -0.05) is 18.6 Å². The van der Waals surface area contributed by atoms with Gasteiger partial charge in [0.15, 0.2) is 0 Å². The van der Waals surface area contributed by atoms with Crippen LogP contribution in [0.15, 0.2) is 24.3 Å². The van der Waals surface area contributed by atoms with Gasteiger partial charge in [-0.15, -0.1) is 0 Å². The number of nitrogens with zero attached hydrogens (tertiary/aromatic N) is 1. The van der Waals surface area contributed by atoms with Crippen LogP contribution in [0.3, 0.4) is 0 Å². The molecule has 0 heterocycles. The smallest absolute Gasteiger partial charge is 0.321 e.